The summed E-state index contributed by atoms with van der Waals surface area (Å²) in [5.41, 5.74) is 9.24. The van der Waals surface area contributed by atoms with Crippen molar-refractivity contribution in [3.05, 3.63) is 65.2 Å². The van der Waals surface area contributed by atoms with Crippen LogP contribution in [0.25, 0.3) is 0 Å². The summed E-state index contributed by atoms with van der Waals surface area (Å²) in [6.45, 7) is 3.91. The Hall–Kier alpha value is -2.40. The van der Waals surface area contributed by atoms with Gasteiger partial charge in [0.1, 0.15) is 0 Å². The molecule has 0 aliphatic rings. The van der Waals surface area contributed by atoms with Crippen molar-refractivity contribution >= 4 is 28.9 Å². The zero-order chi connectivity index (χ0) is 15.2. The number of amides is 1. The van der Waals surface area contributed by atoms with E-state index in [1.165, 1.54) is 0 Å². The highest BCUT2D eigenvalue weighted by atomic mass is 32.1. The van der Waals surface area contributed by atoms with Gasteiger partial charge in [0, 0.05) is 5.56 Å². The highest BCUT2D eigenvalue weighted by molar-refractivity contribution is 7.80. The molecule has 0 fully saturated rings. The Bertz CT molecular complexity index is 636. The lowest BCUT2D eigenvalue weighted by molar-refractivity contribution is 0.0976. The normalized spacial score (nSPS) is 9.81. The maximum Gasteiger partial charge on any atom is 0.257 e. The maximum atomic E-state index is 12.1. The lowest BCUT2D eigenvalue weighted by Gasteiger charge is -2.12. The van der Waals surface area contributed by atoms with Crippen molar-refractivity contribution < 1.29 is 4.79 Å². The molecule has 2 aromatic carbocycles. The molecule has 108 valence electrons. The van der Waals surface area contributed by atoms with Gasteiger partial charge in [-0.2, -0.15) is 0 Å². The Morgan fingerprint density at radius 2 is 1.62 bits per heavy atom. The summed E-state index contributed by atoms with van der Waals surface area (Å²) in [5, 5.41) is 2.86. The van der Waals surface area contributed by atoms with Crippen LogP contribution in [-0.2, 0) is 0 Å². The molecule has 5 heteroatoms. The molecule has 0 aromatic heterocycles. The van der Waals surface area contributed by atoms with Crippen molar-refractivity contribution in [3.8, 4) is 0 Å². The fourth-order valence-electron chi connectivity index (χ4n) is 1.96. The minimum Gasteiger partial charge on any atom is -0.299 e. The van der Waals surface area contributed by atoms with E-state index >= 15 is 0 Å². The molecule has 0 saturated heterocycles. The first-order valence-electron chi connectivity index (χ1n) is 6.55. The average Bonchev–Trinajstić information content (AvgIpc) is 2.45. The van der Waals surface area contributed by atoms with Crippen LogP contribution in [0.3, 0.4) is 0 Å². The number of hydrogen-bond acceptors (Lipinski definition) is 3. The first-order chi connectivity index (χ1) is 10.0. The molecule has 0 saturated carbocycles. The predicted octanol–water partition coefficient (Wildman–Crippen LogP) is 2.93. The van der Waals surface area contributed by atoms with Crippen molar-refractivity contribution in [2.45, 2.75) is 13.8 Å². The van der Waals surface area contributed by atoms with E-state index in [0.717, 1.165) is 16.8 Å². The van der Waals surface area contributed by atoms with Crippen LogP contribution >= 0.6 is 12.2 Å². The van der Waals surface area contributed by atoms with Gasteiger partial charge < -0.3 is 0 Å². The number of carbonyl (C=O) groups is 1. The van der Waals surface area contributed by atoms with Gasteiger partial charge in [-0.1, -0.05) is 35.4 Å². The van der Waals surface area contributed by atoms with Gasteiger partial charge in [-0.05, 0) is 50.3 Å². The highest BCUT2D eigenvalue weighted by Crippen LogP contribution is 2.08. The molecule has 0 radical (unpaired) electrons. The predicted molar refractivity (Wildman–Crippen MR) is 89.2 cm³/mol. The van der Waals surface area contributed by atoms with Gasteiger partial charge in [0.15, 0.2) is 5.11 Å². The fraction of sp³-hybridized carbons (Fsp3) is 0.125. The quantitative estimate of drug-likeness (QED) is 0.602. The maximum absolute atomic E-state index is 12.1. The van der Waals surface area contributed by atoms with Crippen LogP contribution in [0.1, 0.15) is 21.5 Å². The lowest BCUT2D eigenvalue weighted by atomic mass is 10.1. The lowest BCUT2D eigenvalue weighted by Crippen LogP contribution is -2.42. The molecule has 4 nitrogen and oxygen atoms in total. The SMILES string of the molecule is Cc1cc(C)cc(C(=O)NC(=S)NNc2ccccc2)c1. The Labute approximate surface area is 129 Å². The number of carbonyl (C=O) groups excluding carboxylic acids is 1. The molecule has 0 bridgehead atoms. The Morgan fingerprint density at radius 3 is 2.24 bits per heavy atom. The van der Waals surface area contributed by atoms with Crippen LogP contribution < -0.4 is 16.2 Å². The number of hydrazine groups is 1. The molecule has 3 N–H and O–H groups in total. The summed E-state index contributed by atoms with van der Waals surface area (Å²) in [5.74, 6) is -0.228. The molecule has 0 heterocycles. The minimum atomic E-state index is -0.228. The Balaban J connectivity index is 1.91. The smallest absolute Gasteiger partial charge is 0.257 e. The van der Waals surface area contributed by atoms with E-state index in [4.69, 9.17) is 12.2 Å². The van der Waals surface area contributed by atoms with Crippen LogP contribution in [-0.4, -0.2) is 11.0 Å². The van der Waals surface area contributed by atoms with E-state index in [1.54, 1.807) is 0 Å². The monoisotopic (exact) mass is 299 g/mol. The molecular formula is C16H17N3OS. The number of rotatable bonds is 3. The zero-order valence-electron chi connectivity index (χ0n) is 11.9. The van der Waals surface area contributed by atoms with Crippen molar-refractivity contribution in [2.24, 2.45) is 0 Å². The summed E-state index contributed by atoms with van der Waals surface area (Å²) in [6.07, 6.45) is 0. The summed E-state index contributed by atoms with van der Waals surface area (Å²) >= 11 is 5.09. The third-order valence-corrected chi connectivity index (χ3v) is 3.01. The number of nitrogens with one attached hydrogen (secondary N) is 3. The molecule has 21 heavy (non-hydrogen) atoms. The number of benzene rings is 2. The van der Waals surface area contributed by atoms with Crippen molar-refractivity contribution in [1.29, 1.82) is 0 Å². The van der Waals surface area contributed by atoms with E-state index in [0.29, 0.717) is 5.56 Å². The second kappa shape index (κ2) is 6.85. The molecule has 0 aliphatic carbocycles. The average molecular weight is 299 g/mol. The van der Waals surface area contributed by atoms with Crippen LogP contribution in [0.4, 0.5) is 5.69 Å². The van der Waals surface area contributed by atoms with Gasteiger partial charge in [0.2, 0.25) is 0 Å². The van der Waals surface area contributed by atoms with Crippen LogP contribution in [0, 0.1) is 13.8 Å². The summed E-state index contributed by atoms with van der Waals surface area (Å²) < 4.78 is 0. The van der Waals surface area contributed by atoms with Gasteiger partial charge in [-0.25, -0.2) is 0 Å². The van der Waals surface area contributed by atoms with Gasteiger partial charge in [0.05, 0.1) is 5.69 Å². The molecular weight excluding hydrogens is 282 g/mol. The number of aryl methyl sites for hydroxylation is 2. The molecule has 0 atom stereocenters. The molecule has 0 unspecified atom stereocenters. The summed E-state index contributed by atoms with van der Waals surface area (Å²) in [6, 6.07) is 15.2. The zero-order valence-corrected chi connectivity index (χ0v) is 12.8. The Morgan fingerprint density at radius 1 is 1.00 bits per heavy atom. The number of para-hydroxylation sites is 1. The molecule has 2 aromatic rings. The third kappa shape index (κ3) is 4.57. The topological polar surface area (TPSA) is 53.2 Å². The van der Waals surface area contributed by atoms with E-state index in [9.17, 15) is 4.79 Å². The number of thiocarbonyl (C=S) groups is 1. The van der Waals surface area contributed by atoms with Crippen LogP contribution in [0.2, 0.25) is 0 Å². The number of hydrogen-bond donors (Lipinski definition) is 3. The number of anilines is 1. The van der Waals surface area contributed by atoms with E-state index < -0.39 is 0 Å². The first kappa shape index (κ1) is 15.0. The summed E-state index contributed by atoms with van der Waals surface area (Å²) in [4.78, 5) is 12.1. The van der Waals surface area contributed by atoms with E-state index in [-0.39, 0.29) is 11.0 Å². The summed E-state index contributed by atoms with van der Waals surface area (Å²) in [7, 11) is 0. The third-order valence-electron chi connectivity index (χ3n) is 2.81. The van der Waals surface area contributed by atoms with Crippen LogP contribution in [0.5, 0.6) is 0 Å². The molecule has 2 rings (SSSR count). The van der Waals surface area contributed by atoms with Gasteiger partial charge in [-0.3, -0.25) is 21.0 Å². The second-order valence-electron chi connectivity index (χ2n) is 4.78. The van der Waals surface area contributed by atoms with E-state index in [2.05, 4.69) is 16.2 Å². The van der Waals surface area contributed by atoms with Crippen molar-refractivity contribution in [2.75, 3.05) is 5.43 Å². The fourth-order valence-corrected chi connectivity index (χ4v) is 2.11. The largest absolute Gasteiger partial charge is 0.299 e. The minimum absolute atomic E-state index is 0.225. The second-order valence-corrected chi connectivity index (χ2v) is 5.18. The standard InChI is InChI=1S/C16H17N3OS/c1-11-8-12(2)10-13(9-11)15(20)17-16(21)19-18-14-6-4-3-5-7-14/h3-10,18H,1-2H3,(H2,17,19,20,21). The highest BCUT2D eigenvalue weighted by Gasteiger charge is 2.08. The van der Waals surface area contributed by atoms with E-state index in [1.807, 2.05) is 62.4 Å². The van der Waals surface area contributed by atoms with Gasteiger partial charge >= 0.3 is 0 Å². The van der Waals surface area contributed by atoms with Crippen LogP contribution in [0.15, 0.2) is 48.5 Å². The molecule has 0 aliphatic heterocycles. The molecule has 1 amide bonds. The molecule has 0 spiro atoms. The van der Waals surface area contributed by atoms with Gasteiger partial charge in [0.25, 0.3) is 5.91 Å². The Kier molecular flexibility index (Phi) is 4.90. The first-order valence-corrected chi connectivity index (χ1v) is 6.96. The van der Waals surface area contributed by atoms with Crippen molar-refractivity contribution in [3.63, 3.8) is 0 Å². The van der Waals surface area contributed by atoms with Crippen molar-refractivity contribution in [1.82, 2.24) is 10.7 Å². The van der Waals surface area contributed by atoms with Gasteiger partial charge in [-0.15, -0.1) is 0 Å².